The molecule has 3 aromatic rings. The number of Topliss-reactive ketones (excluding diaryl/α,β-unsaturated/α-hetero) is 1. The molecule has 226 valence electrons. The molecule has 42 heavy (non-hydrogen) atoms. The smallest absolute Gasteiger partial charge is 0.404 e. The van der Waals surface area contributed by atoms with Gasteiger partial charge < -0.3 is 4.74 Å². The van der Waals surface area contributed by atoms with Crippen molar-refractivity contribution in [2.24, 2.45) is 0 Å². The molecule has 0 aliphatic carbocycles. The zero-order valence-electron chi connectivity index (χ0n) is 21.3. The number of ether oxygens (including phenoxy) is 1. The Hall–Kier alpha value is -3.73. The van der Waals surface area contributed by atoms with Crippen molar-refractivity contribution in [1.29, 1.82) is 0 Å². The van der Waals surface area contributed by atoms with Crippen molar-refractivity contribution in [1.82, 2.24) is 19.3 Å². The van der Waals surface area contributed by atoms with Gasteiger partial charge in [-0.25, -0.2) is 27.2 Å². The van der Waals surface area contributed by atoms with Gasteiger partial charge in [-0.3, -0.25) is 9.78 Å². The average molecular weight is 625 g/mol. The van der Waals surface area contributed by atoms with E-state index in [4.69, 9.17) is 0 Å². The Morgan fingerprint density at radius 3 is 2.21 bits per heavy atom. The molecule has 17 heteroatoms. The minimum atomic E-state index is -5.16. The van der Waals surface area contributed by atoms with Crippen molar-refractivity contribution in [3.05, 3.63) is 66.1 Å². The Morgan fingerprint density at radius 2 is 1.64 bits per heavy atom. The molecule has 0 bridgehead atoms. The van der Waals surface area contributed by atoms with Crippen molar-refractivity contribution < 1.29 is 53.1 Å². The Labute approximate surface area is 233 Å². The van der Waals surface area contributed by atoms with Gasteiger partial charge in [0.25, 0.3) is 0 Å². The number of ketones is 1. The number of carbonyl (C=O) groups is 1. The summed E-state index contributed by atoms with van der Waals surface area (Å²) in [5, 5.41) is 0. The Kier molecular flexibility index (Phi) is 8.55. The van der Waals surface area contributed by atoms with E-state index >= 15 is 0 Å². The molecule has 3 atom stereocenters. The summed E-state index contributed by atoms with van der Waals surface area (Å²) in [6.07, 6.45) is -11.1. The topological polar surface area (TPSA) is 102 Å². The van der Waals surface area contributed by atoms with Gasteiger partial charge in [-0.2, -0.15) is 17.5 Å². The molecule has 8 nitrogen and oxygen atoms in total. The van der Waals surface area contributed by atoms with Crippen LogP contribution in [0.15, 0.2) is 53.8 Å². The molecule has 1 aliphatic rings. The summed E-state index contributed by atoms with van der Waals surface area (Å²) in [6, 6.07) is 1.91. The van der Waals surface area contributed by atoms with E-state index in [0.717, 1.165) is 42.7 Å². The minimum Gasteiger partial charge on any atom is -0.404 e. The Balaban J connectivity index is 1.61. The maximum absolute atomic E-state index is 14.7. The minimum absolute atomic E-state index is 0.0874. The molecule has 1 aliphatic heterocycles. The molecule has 1 saturated heterocycles. The first-order valence-corrected chi connectivity index (χ1v) is 13.5. The monoisotopic (exact) mass is 624 g/mol. The largest absolute Gasteiger partial charge is 0.573 e. The van der Waals surface area contributed by atoms with E-state index in [2.05, 4.69) is 19.7 Å². The first-order valence-electron chi connectivity index (χ1n) is 12.1. The molecule has 1 aromatic carbocycles. The van der Waals surface area contributed by atoms with Gasteiger partial charge in [0.15, 0.2) is 11.5 Å². The fourth-order valence-electron chi connectivity index (χ4n) is 4.43. The summed E-state index contributed by atoms with van der Waals surface area (Å²) in [5.41, 5.74) is -0.475. The van der Waals surface area contributed by atoms with Gasteiger partial charge >= 0.3 is 12.5 Å². The molecule has 3 heterocycles. The molecular weight excluding hydrogens is 604 g/mol. The first-order chi connectivity index (χ1) is 19.5. The second-order valence-corrected chi connectivity index (χ2v) is 11.1. The van der Waals surface area contributed by atoms with E-state index in [-0.39, 0.29) is 21.7 Å². The summed E-state index contributed by atoms with van der Waals surface area (Å²) in [7, 11) is -4.48. The van der Waals surface area contributed by atoms with E-state index in [1.807, 2.05) is 0 Å². The van der Waals surface area contributed by atoms with Crippen LogP contribution in [0.4, 0.5) is 35.1 Å². The quantitative estimate of drug-likeness (QED) is 0.314. The van der Waals surface area contributed by atoms with Crippen LogP contribution in [0.2, 0.25) is 0 Å². The third-order valence-corrected chi connectivity index (χ3v) is 8.47. The van der Waals surface area contributed by atoms with Crippen molar-refractivity contribution in [2.75, 3.05) is 0 Å². The number of aromatic nitrogens is 3. The zero-order chi connectivity index (χ0) is 31.0. The standard InChI is InChI=1S/C25H20F8N4O4S/c1-13-18(27)9-20(37(13)42(39,40)17-5-3-16(26)4-6-17)21(38)7-2-14-8-19(34-12-22(14)41-25(31,32)33)15-10-35-23(36-11-15)24(28,29)30/h3-6,8,10-13,18,20H,2,7,9H2,1H3/t13-,18+,20-/m0/s1. The average Bonchev–Trinajstić information content (AvgIpc) is 3.21. The van der Waals surface area contributed by atoms with Crippen LogP contribution in [0, 0.1) is 5.82 Å². The highest BCUT2D eigenvalue weighted by molar-refractivity contribution is 7.89. The summed E-state index contributed by atoms with van der Waals surface area (Å²) in [5.74, 6) is -3.81. The zero-order valence-corrected chi connectivity index (χ0v) is 22.1. The van der Waals surface area contributed by atoms with Crippen molar-refractivity contribution >= 4 is 15.8 Å². The number of carbonyl (C=O) groups excluding carboxylic acids is 1. The van der Waals surface area contributed by atoms with Gasteiger partial charge in [-0.1, -0.05) is 0 Å². The van der Waals surface area contributed by atoms with Gasteiger partial charge in [0.2, 0.25) is 15.8 Å². The summed E-state index contributed by atoms with van der Waals surface area (Å²) in [6.45, 7) is 1.25. The highest BCUT2D eigenvalue weighted by Gasteiger charge is 2.48. The Morgan fingerprint density at radius 1 is 1.02 bits per heavy atom. The van der Waals surface area contributed by atoms with Crippen LogP contribution in [0.3, 0.4) is 0 Å². The highest BCUT2D eigenvalue weighted by Crippen LogP contribution is 2.35. The number of hydrogen-bond donors (Lipinski definition) is 0. The SMILES string of the molecule is C[C@H]1[C@H](F)C[C@@H](C(=O)CCc2cc(-c3cnc(C(F)(F)F)nc3)ncc2OC(F)(F)F)N1S(=O)(=O)c1ccc(F)cc1. The molecule has 0 N–H and O–H groups in total. The third kappa shape index (κ3) is 6.83. The molecule has 0 unspecified atom stereocenters. The van der Waals surface area contributed by atoms with Crippen LogP contribution in [0.5, 0.6) is 5.75 Å². The number of rotatable bonds is 8. The maximum Gasteiger partial charge on any atom is 0.573 e. The molecule has 1 fully saturated rings. The lowest BCUT2D eigenvalue weighted by atomic mass is 10.0. The summed E-state index contributed by atoms with van der Waals surface area (Å²) >= 11 is 0. The molecule has 4 rings (SSSR count). The molecular formula is C25H20F8N4O4S. The van der Waals surface area contributed by atoms with Crippen LogP contribution in [0.1, 0.15) is 31.2 Å². The van der Waals surface area contributed by atoms with Gasteiger partial charge in [0, 0.05) is 30.8 Å². The number of nitrogens with zero attached hydrogens (tertiary/aromatic N) is 4. The van der Waals surface area contributed by atoms with Crippen LogP contribution in [0.25, 0.3) is 11.3 Å². The van der Waals surface area contributed by atoms with Gasteiger partial charge in [-0.05, 0) is 49.2 Å². The first kappa shape index (κ1) is 31.2. The summed E-state index contributed by atoms with van der Waals surface area (Å²) < 4.78 is 137. The van der Waals surface area contributed by atoms with Crippen molar-refractivity contribution in [3.63, 3.8) is 0 Å². The maximum atomic E-state index is 14.7. The fourth-order valence-corrected chi connectivity index (χ4v) is 6.26. The normalized spacial score (nSPS) is 20.1. The molecule has 0 radical (unpaired) electrons. The van der Waals surface area contributed by atoms with Crippen LogP contribution in [-0.4, -0.2) is 58.1 Å². The van der Waals surface area contributed by atoms with E-state index in [0.29, 0.717) is 10.5 Å². The third-order valence-electron chi connectivity index (χ3n) is 6.46. The summed E-state index contributed by atoms with van der Waals surface area (Å²) in [4.78, 5) is 22.9. The number of hydrogen-bond acceptors (Lipinski definition) is 7. The lowest BCUT2D eigenvalue weighted by molar-refractivity contribution is -0.275. The molecule has 0 spiro atoms. The lowest BCUT2D eigenvalue weighted by Gasteiger charge is -2.27. The van der Waals surface area contributed by atoms with E-state index < -0.39 is 83.3 Å². The van der Waals surface area contributed by atoms with Crippen LogP contribution < -0.4 is 4.74 Å². The number of benzene rings is 1. The number of alkyl halides is 7. The Bertz CT molecular complexity index is 1550. The molecule has 0 saturated carbocycles. The number of pyridine rings is 1. The predicted octanol–water partition coefficient (Wildman–Crippen LogP) is 5.29. The second kappa shape index (κ2) is 11.5. The van der Waals surface area contributed by atoms with Crippen LogP contribution >= 0.6 is 0 Å². The molecule has 2 aromatic heterocycles. The van der Waals surface area contributed by atoms with Crippen molar-refractivity contribution in [3.8, 4) is 17.0 Å². The lowest BCUT2D eigenvalue weighted by Crippen LogP contribution is -2.44. The second-order valence-electron chi connectivity index (χ2n) is 9.28. The number of aryl methyl sites for hydroxylation is 1. The fraction of sp³-hybridized carbons (Fsp3) is 0.360. The van der Waals surface area contributed by atoms with Gasteiger partial charge in [0.05, 0.1) is 28.9 Å². The van der Waals surface area contributed by atoms with Crippen molar-refractivity contribution in [2.45, 2.75) is 61.9 Å². The number of sulfonamides is 1. The van der Waals surface area contributed by atoms with Gasteiger partial charge in [-0.15, -0.1) is 13.2 Å². The predicted molar refractivity (Wildman–Crippen MR) is 128 cm³/mol. The van der Waals surface area contributed by atoms with E-state index in [9.17, 15) is 48.3 Å². The van der Waals surface area contributed by atoms with E-state index in [1.54, 1.807) is 0 Å². The van der Waals surface area contributed by atoms with E-state index in [1.165, 1.54) is 6.92 Å². The van der Waals surface area contributed by atoms with Gasteiger partial charge in [0.1, 0.15) is 12.0 Å². The number of halogens is 8. The van der Waals surface area contributed by atoms with Crippen LogP contribution in [-0.2, 0) is 27.4 Å². The molecule has 0 amide bonds. The highest BCUT2D eigenvalue weighted by atomic mass is 32.2.